The van der Waals surface area contributed by atoms with Gasteiger partial charge >= 0.3 is 23.9 Å². The van der Waals surface area contributed by atoms with E-state index in [1.807, 2.05) is 0 Å². The van der Waals surface area contributed by atoms with E-state index in [0.29, 0.717) is 10.4 Å². The van der Waals surface area contributed by atoms with Gasteiger partial charge in [0.15, 0.2) is 0 Å². The predicted octanol–water partition coefficient (Wildman–Crippen LogP) is 1.37. The molecule has 3 rings (SSSR count). The van der Waals surface area contributed by atoms with Gasteiger partial charge in [0.1, 0.15) is 0 Å². The fourth-order valence-corrected chi connectivity index (χ4v) is 3.00. The molecule has 0 heterocycles. The molecule has 1 aliphatic carbocycles. The molecule has 1 aliphatic rings. The first kappa shape index (κ1) is 15.2. The molecule has 0 bridgehead atoms. The first-order valence-corrected chi connectivity index (χ1v) is 6.54. The molecule has 0 amide bonds. The SMILES string of the molecule is O=C(O)c1c(C(=O)O)c(C(=O)O)c2c(c1C(=O)O)=c1ccccc1=2. The standard InChI is InChI=1S/C16H8O8/c17-13(18)9-7-5-3-1-2-4-6(5)8(7)10(14(19)20)12(16(23)24)11(9)15(21)22/h1-4H,(H,17,18)(H,19,20)(H,21,22)(H,23,24). The van der Waals surface area contributed by atoms with Gasteiger partial charge in [-0.05, 0) is 10.4 Å². The number of benzene rings is 2. The van der Waals surface area contributed by atoms with Crippen LogP contribution >= 0.6 is 0 Å². The van der Waals surface area contributed by atoms with E-state index in [4.69, 9.17) is 0 Å². The molecule has 0 unspecified atom stereocenters. The number of rotatable bonds is 4. The molecule has 2 aromatic rings. The molecule has 0 saturated carbocycles. The fourth-order valence-electron chi connectivity index (χ4n) is 3.00. The summed E-state index contributed by atoms with van der Waals surface area (Å²) in [6.07, 6.45) is 0. The minimum absolute atomic E-state index is 0.0714. The van der Waals surface area contributed by atoms with Crippen LogP contribution in [0.15, 0.2) is 24.3 Å². The van der Waals surface area contributed by atoms with Gasteiger partial charge in [-0.2, -0.15) is 0 Å². The summed E-state index contributed by atoms with van der Waals surface area (Å²) >= 11 is 0. The van der Waals surface area contributed by atoms with E-state index < -0.39 is 46.1 Å². The molecular formula is C16H8O8. The molecule has 24 heavy (non-hydrogen) atoms. The highest BCUT2D eigenvalue weighted by Gasteiger charge is 2.34. The third kappa shape index (κ3) is 1.80. The number of hydrogen-bond donors (Lipinski definition) is 4. The quantitative estimate of drug-likeness (QED) is 0.561. The zero-order valence-corrected chi connectivity index (χ0v) is 11.7. The average Bonchev–Trinajstić information content (AvgIpc) is 2.49. The Bertz CT molecular complexity index is 1070. The Labute approximate surface area is 131 Å². The Balaban J connectivity index is 2.79. The highest BCUT2D eigenvalue weighted by molar-refractivity contribution is 6.14. The first-order valence-electron chi connectivity index (χ1n) is 6.54. The number of fused-ring (bicyclic) bond motifs is 2. The molecule has 0 radical (unpaired) electrons. The van der Waals surface area contributed by atoms with Crippen LogP contribution < -0.4 is 0 Å². The van der Waals surface area contributed by atoms with Crippen LogP contribution in [0.25, 0.3) is 0 Å². The van der Waals surface area contributed by atoms with Gasteiger partial charge in [-0.1, -0.05) is 24.3 Å². The lowest BCUT2D eigenvalue weighted by molar-refractivity contribution is 0.0618. The van der Waals surface area contributed by atoms with E-state index in [0.717, 1.165) is 0 Å². The van der Waals surface area contributed by atoms with Crippen molar-refractivity contribution in [3.63, 3.8) is 0 Å². The summed E-state index contributed by atoms with van der Waals surface area (Å²) < 4.78 is 0. The Kier molecular flexibility index (Phi) is 3.12. The van der Waals surface area contributed by atoms with Crippen molar-refractivity contribution in [3.05, 3.63) is 67.4 Å². The molecule has 0 fully saturated rings. The summed E-state index contributed by atoms with van der Waals surface area (Å²) in [5.74, 6) is -6.92. The first-order chi connectivity index (χ1) is 11.3. The minimum Gasteiger partial charge on any atom is -0.478 e. The zero-order chi connectivity index (χ0) is 17.8. The number of aromatic carboxylic acids is 4. The maximum atomic E-state index is 11.6. The van der Waals surface area contributed by atoms with E-state index in [1.54, 1.807) is 12.1 Å². The molecule has 2 aromatic carbocycles. The normalized spacial score (nSPS) is 11.0. The summed E-state index contributed by atoms with van der Waals surface area (Å²) in [6.45, 7) is 0. The fraction of sp³-hybridized carbons (Fsp3) is 0. The van der Waals surface area contributed by atoms with Gasteiger partial charge in [-0.25, -0.2) is 19.2 Å². The van der Waals surface area contributed by atoms with Crippen molar-refractivity contribution in [2.24, 2.45) is 0 Å². The van der Waals surface area contributed by atoms with Crippen molar-refractivity contribution in [2.45, 2.75) is 0 Å². The molecule has 0 spiro atoms. The van der Waals surface area contributed by atoms with Crippen molar-refractivity contribution in [3.8, 4) is 0 Å². The zero-order valence-electron chi connectivity index (χ0n) is 11.7. The lowest BCUT2D eigenvalue weighted by Gasteiger charge is -2.16. The number of carboxylic acids is 4. The highest BCUT2D eigenvalue weighted by atomic mass is 16.4. The molecule has 8 nitrogen and oxygen atoms in total. The number of hydrogen-bond acceptors (Lipinski definition) is 4. The van der Waals surface area contributed by atoms with E-state index in [-0.39, 0.29) is 10.4 Å². The number of carbonyl (C=O) groups is 4. The van der Waals surface area contributed by atoms with E-state index in [2.05, 4.69) is 0 Å². The second-order valence-corrected chi connectivity index (χ2v) is 5.02. The Morgan fingerprint density at radius 3 is 1.08 bits per heavy atom. The maximum Gasteiger partial charge on any atom is 0.337 e. The van der Waals surface area contributed by atoms with Crippen molar-refractivity contribution in [1.82, 2.24) is 0 Å². The third-order valence-electron chi connectivity index (χ3n) is 3.82. The van der Waals surface area contributed by atoms with Crippen molar-refractivity contribution in [1.29, 1.82) is 0 Å². The Hall–Kier alpha value is -3.68. The maximum absolute atomic E-state index is 11.6. The van der Waals surface area contributed by atoms with E-state index in [9.17, 15) is 39.6 Å². The molecule has 0 aliphatic heterocycles. The van der Waals surface area contributed by atoms with Crippen LogP contribution in [0.3, 0.4) is 0 Å². The molecule has 0 atom stereocenters. The second kappa shape index (κ2) is 4.92. The van der Waals surface area contributed by atoms with Gasteiger partial charge in [-0.3, -0.25) is 0 Å². The van der Waals surface area contributed by atoms with Gasteiger partial charge in [0.25, 0.3) is 0 Å². The molecular weight excluding hydrogens is 320 g/mol. The van der Waals surface area contributed by atoms with Crippen LogP contribution in [0.5, 0.6) is 0 Å². The van der Waals surface area contributed by atoms with Gasteiger partial charge < -0.3 is 20.4 Å². The molecule has 120 valence electrons. The van der Waals surface area contributed by atoms with Gasteiger partial charge in [-0.15, -0.1) is 0 Å². The lowest BCUT2D eigenvalue weighted by atomic mass is 9.85. The van der Waals surface area contributed by atoms with Crippen molar-refractivity contribution >= 4 is 23.9 Å². The summed E-state index contributed by atoms with van der Waals surface area (Å²) in [6, 6.07) is 6.20. The van der Waals surface area contributed by atoms with Crippen LogP contribution in [0.1, 0.15) is 41.4 Å². The molecule has 0 saturated heterocycles. The van der Waals surface area contributed by atoms with Gasteiger partial charge in [0.05, 0.1) is 22.3 Å². The summed E-state index contributed by atoms with van der Waals surface area (Å²) in [5, 5.41) is 38.1. The van der Waals surface area contributed by atoms with Crippen LogP contribution in [0, 0.1) is 20.9 Å². The number of carboxylic acid groups (broad SMARTS) is 4. The molecule has 8 heteroatoms. The van der Waals surface area contributed by atoms with E-state index in [1.165, 1.54) is 12.1 Å². The lowest BCUT2D eigenvalue weighted by Crippen LogP contribution is -2.23. The largest absolute Gasteiger partial charge is 0.478 e. The minimum atomic E-state index is -1.82. The van der Waals surface area contributed by atoms with Crippen LogP contribution in [0.4, 0.5) is 0 Å². The Morgan fingerprint density at radius 1 is 0.542 bits per heavy atom. The van der Waals surface area contributed by atoms with Crippen LogP contribution in [-0.4, -0.2) is 44.3 Å². The van der Waals surface area contributed by atoms with E-state index >= 15 is 0 Å². The summed E-state index contributed by atoms with van der Waals surface area (Å²) in [4.78, 5) is 46.2. The van der Waals surface area contributed by atoms with Crippen molar-refractivity contribution in [2.75, 3.05) is 0 Å². The smallest absolute Gasteiger partial charge is 0.337 e. The van der Waals surface area contributed by atoms with Crippen LogP contribution in [0.2, 0.25) is 0 Å². The predicted molar refractivity (Wildman–Crippen MR) is 76.1 cm³/mol. The Morgan fingerprint density at radius 2 is 0.833 bits per heavy atom. The summed E-state index contributed by atoms with van der Waals surface area (Å²) in [7, 11) is 0. The topological polar surface area (TPSA) is 149 Å². The van der Waals surface area contributed by atoms with Crippen molar-refractivity contribution < 1.29 is 39.6 Å². The highest BCUT2D eigenvalue weighted by Crippen LogP contribution is 2.28. The molecule has 0 aromatic heterocycles. The van der Waals surface area contributed by atoms with Gasteiger partial charge in [0, 0.05) is 10.4 Å². The van der Waals surface area contributed by atoms with Crippen LogP contribution in [-0.2, 0) is 0 Å². The van der Waals surface area contributed by atoms with Gasteiger partial charge in [0.2, 0.25) is 0 Å². The summed E-state index contributed by atoms with van der Waals surface area (Å²) in [5.41, 5.74) is -3.53. The monoisotopic (exact) mass is 328 g/mol. The third-order valence-corrected chi connectivity index (χ3v) is 3.82. The average molecular weight is 328 g/mol. The second-order valence-electron chi connectivity index (χ2n) is 5.02. The molecule has 4 N–H and O–H groups in total.